The van der Waals surface area contributed by atoms with Crippen LogP contribution in [-0.4, -0.2) is 75.5 Å². The molecule has 0 rings (SSSR count). The lowest BCUT2D eigenvalue weighted by Gasteiger charge is -2.34. The molecule has 0 spiro atoms. The van der Waals surface area contributed by atoms with E-state index < -0.39 is 18.1 Å². The number of rotatable bonds is 41. The van der Waals surface area contributed by atoms with Crippen LogP contribution in [0.1, 0.15) is 187 Å². The molecule has 334 valence electrons. The molecule has 8 heteroatoms. The van der Waals surface area contributed by atoms with Gasteiger partial charge < -0.3 is 28.6 Å². The Morgan fingerprint density at radius 3 is 1.53 bits per heavy atom. The van der Waals surface area contributed by atoms with Crippen LogP contribution in [-0.2, 0) is 28.6 Å². The van der Waals surface area contributed by atoms with Crippen molar-refractivity contribution in [2.24, 2.45) is 0 Å². The van der Waals surface area contributed by atoms with Gasteiger partial charge in [0.15, 0.2) is 6.10 Å². The van der Waals surface area contributed by atoms with E-state index in [1.54, 1.807) is 21.1 Å². The highest BCUT2D eigenvalue weighted by Gasteiger charge is 2.25. The molecular formula is C50H87NO7. The van der Waals surface area contributed by atoms with Gasteiger partial charge in [-0.3, -0.25) is 9.59 Å². The molecule has 0 N–H and O–H groups in total. The first-order valence-electron chi connectivity index (χ1n) is 23.3. The first-order chi connectivity index (χ1) is 28.1. The van der Waals surface area contributed by atoms with Crippen molar-refractivity contribution < 1.29 is 38.2 Å². The van der Waals surface area contributed by atoms with Crippen molar-refractivity contribution in [1.82, 2.24) is 0 Å². The van der Waals surface area contributed by atoms with E-state index in [1.165, 1.54) is 70.6 Å². The van der Waals surface area contributed by atoms with Crippen LogP contribution in [0.5, 0.6) is 0 Å². The monoisotopic (exact) mass is 814 g/mol. The van der Waals surface area contributed by atoms with Crippen molar-refractivity contribution in [3.05, 3.63) is 60.8 Å². The van der Waals surface area contributed by atoms with E-state index in [4.69, 9.17) is 14.2 Å². The number of carboxylic acid groups (broad SMARTS) is 1. The highest BCUT2D eigenvalue weighted by atomic mass is 16.6. The normalized spacial score (nSPS) is 13.5. The summed E-state index contributed by atoms with van der Waals surface area (Å²) < 4.78 is 17.2. The maximum atomic E-state index is 12.7. The van der Waals surface area contributed by atoms with E-state index in [0.717, 1.165) is 83.5 Å². The fourth-order valence-electron chi connectivity index (χ4n) is 6.55. The number of hydrogen-bond donors (Lipinski definition) is 0. The summed E-state index contributed by atoms with van der Waals surface area (Å²) in [6.07, 6.45) is 49.5. The SMILES string of the molecule is CC/C=C/C/C=C/C/C=C/CCCCCCCCCCCC(=O)OC(COCCC(C(=O)[O-])[N+](C)(C)C)COC(=O)CCCCCCCC/C=C/C=C/CCCCC. The fraction of sp³-hybridized carbons (Fsp3) is 0.740. The van der Waals surface area contributed by atoms with E-state index in [9.17, 15) is 19.5 Å². The molecule has 0 amide bonds. The van der Waals surface area contributed by atoms with Crippen LogP contribution >= 0.6 is 0 Å². The second-order valence-corrected chi connectivity index (χ2v) is 16.6. The molecule has 8 nitrogen and oxygen atoms in total. The highest BCUT2D eigenvalue weighted by Crippen LogP contribution is 2.14. The standard InChI is InChI=1S/C50H87NO7/c1-6-8-10-12-14-16-18-20-22-23-24-25-27-29-31-33-35-37-39-41-49(53)58-46(44-56-43-42-47(50(54)55)51(3,4)5)45-57-48(52)40-38-36-34-32-30-28-26-21-19-17-15-13-11-9-7-2/h8,10,14-17,19-22,46-47H,6-7,9,11-13,18,23-45H2,1-5H3/b10-8+,16-14+,17-15+,21-19+,22-20+. The van der Waals surface area contributed by atoms with Gasteiger partial charge in [-0.25, -0.2) is 0 Å². The largest absolute Gasteiger partial charge is 0.544 e. The Labute approximate surface area is 356 Å². The Balaban J connectivity index is 4.33. The Hall–Kier alpha value is -2.97. The summed E-state index contributed by atoms with van der Waals surface area (Å²) in [5.74, 6) is -1.76. The maximum Gasteiger partial charge on any atom is 0.306 e. The van der Waals surface area contributed by atoms with Crippen LogP contribution in [0, 0.1) is 0 Å². The fourth-order valence-corrected chi connectivity index (χ4v) is 6.55. The zero-order chi connectivity index (χ0) is 42.8. The van der Waals surface area contributed by atoms with Crippen molar-refractivity contribution in [3.8, 4) is 0 Å². The zero-order valence-corrected chi connectivity index (χ0v) is 37.9. The third-order valence-electron chi connectivity index (χ3n) is 10.2. The lowest BCUT2D eigenvalue weighted by Crippen LogP contribution is -2.55. The van der Waals surface area contributed by atoms with Gasteiger partial charge in [0.05, 0.1) is 40.3 Å². The van der Waals surface area contributed by atoms with Crippen molar-refractivity contribution >= 4 is 17.9 Å². The lowest BCUT2D eigenvalue weighted by molar-refractivity contribution is -0.889. The van der Waals surface area contributed by atoms with Gasteiger partial charge in [-0.2, -0.15) is 0 Å². The lowest BCUT2D eigenvalue weighted by atomic mass is 10.1. The second kappa shape index (κ2) is 40.8. The van der Waals surface area contributed by atoms with E-state index in [1.807, 2.05) is 0 Å². The van der Waals surface area contributed by atoms with Gasteiger partial charge in [-0.15, -0.1) is 0 Å². The minimum atomic E-state index is -1.13. The summed E-state index contributed by atoms with van der Waals surface area (Å²) in [6, 6.07) is -0.730. The predicted molar refractivity (Wildman–Crippen MR) is 240 cm³/mol. The van der Waals surface area contributed by atoms with E-state index in [0.29, 0.717) is 12.8 Å². The molecule has 0 saturated heterocycles. The minimum Gasteiger partial charge on any atom is -0.544 e. The Morgan fingerprint density at radius 1 is 0.552 bits per heavy atom. The average molecular weight is 814 g/mol. The molecule has 0 radical (unpaired) electrons. The summed E-state index contributed by atoms with van der Waals surface area (Å²) in [5.41, 5.74) is 0. The van der Waals surface area contributed by atoms with Crippen molar-refractivity contribution in [1.29, 1.82) is 0 Å². The predicted octanol–water partition coefficient (Wildman–Crippen LogP) is 11.6. The van der Waals surface area contributed by atoms with E-state index in [-0.39, 0.29) is 42.7 Å². The van der Waals surface area contributed by atoms with E-state index in [2.05, 4.69) is 74.6 Å². The number of allylic oxidation sites excluding steroid dienone is 10. The number of likely N-dealkylation sites (N-methyl/N-ethyl adjacent to an activating group) is 1. The van der Waals surface area contributed by atoms with Crippen molar-refractivity contribution in [3.63, 3.8) is 0 Å². The number of carbonyl (C=O) groups excluding carboxylic acids is 3. The Morgan fingerprint density at radius 2 is 1.02 bits per heavy atom. The van der Waals surface area contributed by atoms with Crippen LogP contribution < -0.4 is 5.11 Å². The van der Waals surface area contributed by atoms with Crippen molar-refractivity contribution in [2.45, 2.75) is 199 Å². The topological polar surface area (TPSA) is 102 Å². The third kappa shape index (κ3) is 38.5. The molecule has 0 heterocycles. The van der Waals surface area contributed by atoms with Gasteiger partial charge in [-0.1, -0.05) is 158 Å². The van der Waals surface area contributed by atoms with Gasteiger partial charge in [0.1, 0.15) is 12.6 Å². The van der Waals surface area contributed by atoms with Gasteiger partial charge in [0, 0.05) is 19.3 Å². The summed E-state index contributed by atoms with van der Waals surface area (Å²) in [4.78, 5) is 36.9. The first-order valence-corrected chi connectivity index (χ1v) is 23.3. The molecule has 2 unspecified atom stereocenters. The van der Waals surface area contributed by atoms with Gasteiger partial charge in [-0.05, 0) is 70.6 Å². The second-order valence-electron chi connectivity index (χ2n) is 16.6. The molecule has 2 atom stereocenters. The Bertz CT molecular complexity index is 1130. The smallest absolute Gasteiger partial charge is 0.306 e. The molecule has 0 aliphatic rings. The summed E-state index contributed by atoms with van der Waals surface area (Å²) in [5, 5.41) is 11.6. The molecule has 0 fully saturated rings. The van der Waals surface area contributed by atoms with Crippen LogP contribution in [0.2, 0.25) is 0 Å². The molecule has 0 aromatic heterocycles. The van der Waals surface area contributed by atoms with E-state index >= 15 is 0 Å². The summed E-state index contributed by atoms with van der Waals surface area (Å²) in [7, 11) is 5.40. The third-order valence-corrected chi connectivity index (χ3v) is 10.2. The summed E-state index contributed by atoms with van der Waals surface area (Å²) in [6.45, 7) is 4.50. The summed E-state index contributed by atoms with van der Waals surface area (Å²) >= 11 is 0. The molecule has 58 heavy (non-hydrogen) atoms. The number of aliphatic carboxylic acids is 1. The molecule has 0 aromatic carbocycles. The number of esters is 2. The number of unbranched alkanes of at least 4 members (excludes halogenated alkanes) is 18. The zero-order valence-electron chi connectivity index (χ0n) is 37.9. The van der Waals surface area contributed by atoms with Crippen LogP contribution in [0.3, 0.4) is 0 Å². The molecule has 0 saturated carbocycles. The number of hydrogen-bond acceptors (Lipinski definition) is 7. The molecular weight excluding hydrogens is 727 g/mol. The van der Waals surface area contributed by atoms with Gasteiger partial charge >= 0.3 is 11.9 Å². The quantitative estimate of drug-likeness (QED) is 0.0199. The first kappa shape index (κ1) is 55.0. The van der Waals surface area contributed by atoms with Crippen LogP contribution in [0.15, 0.2) is 60.8 Å². The molecule has 0 aliphatic carbocycles. The number of nitrogens with zero attached hydrogens (tertiary/aromatic N) is 1. The minimum absolute atomic E-state index is 0.0329. The highest BCUT2D eigenvalue weighted by molar-refractivity contribution is 5.70. The number of quaternary nitrogens is 1. The van der Waals surface area contributed by atoms with Gasteiger partial charge in [0.2, 0.25) is 0 Å². The van der Waals surface area contributed by atoms with Crippen molar-refractivity contribution in [2.75, 3.05) is 41.0 Å². The average Bonchev–Trinajstić information content (AvgIpc) is 3.18. The Kier molecular flexibility index (Phi) is 38.7. The number of carboxylic acids is 1. The number of carbonyl (C=O) groups is 3. The molecule has 0 aliphatic heterocycles. The van der Waals surface area contributed by atoms with Gasteiger partial charge in [0.25, 0.3) is 0 Å². The molecule has 0 aromatic rings. The van der Waals surface area contributed by atoms with Crippen LogP contribution in [0.4, 0.5) is 0 Å². The maximum absolute atomic E-state index is 12.7. The number of ether oxygens (including phenoxy) is 3. The molecule has 0 bridgehead atoms. The van der Waals surface area contributed by atoms with Crippen LogP contribution in [0.25, 0.3) is 0 Å².